The fourth-order valence-corrected chi connectivity index (χ4v) is 6.00. The van der Waals surface area contributed by atoms with Gasteiger partial charge in [-0.1, -0.05) is 32.9 Å². The van der Waals surface area contributed by atoms with E-state index in [1.807, 2.05) is 32.9 Å². The number of hydrogen-bond donors (Lipinski definition) is 0. The van der Waals surface area contributed by atoms with Crippen molar-refractivity contribution >= 4 is 17.2 Å². The highest BCUT2D eigenvalue weighted by Gasteiger charge is 2.48. The van der Waals surface area contributed by atoms with Crippen LogP contribution in [0.1, 0.15) is 44.2 Å². The van der Waals surface area contributed by atoms with Gasteiger partial charge in [0, 0.05) is 55.0 Å². The van der Waals surface area contributed by atoms with Gasteiger partial charge in [0.1, 0.15) is 0 Å². The first-order chi connectivity index (χ1) is 14.8. The highest BCUT2D eigenvalue weighted by molar-refractivity contribution is 7.08. The summed E-state index contributed by atoms with van der Waals surface area (Å²) in [6, 6.07) is 8.64. The van der Waals surface area contributed by atoms with Gasteiger partial charge in [-0.25, -0.2) is 0 Å². The van der Waals surface area contributed by atoms with Gasteiger partial charge in [0.2, 0.25) is 5.91 Å². The fourth-order valence-electron chi connectivity index (χ4n) is 5.27. The van der Waals surface area contributed by atoms with Gasteiger partial charge in [0.25, 0.3) is 0 Å². The third-order valence-electron chi connectivity index (χ3n) is 6.77. The Hall–Kier alpha value is -2.05. The summed E-state index contributed by atoms with van der Waals surface area (Å²) >= 11 is 1.75. The predicted octanol–water partition coefficient (Wildman–Crippen LogP) is 4.63. The van der Waals surface area contributed by atoms with E-state index in [4.69, 9.17) is 9.47 Å². The minimum atomic E-state index is -0.348. The number of likely N-dealkylation sites (tertiary alicyclic amines) is 2. The van der Waals surface area contributed by atoms with Crippen molar-refractivity contribution < 1.29 is 14.3 Å². The molecule has 5 nitrogen and oxygen atoms in total. The number of carbonyl (C=O) groups excluding carboxylic acids is 1. The van der Waals surface area contributed by atoms with Gasteiger partial charge >= 0.3 is 0 Å². The molecule has 1 aromatic carbocycles. The van der Waals surface area contributed by atoms with Crippen molar-refractivity contribution in [3.05, 3.63) is 46.2 Å². The number of carbonyl (C=O) groups is 1. The van der Waals surface area contributed by atoms with Crippen LogP contribution in [0.4, 0.5) is 0 Å². The lowest BCUT2D eigenvalue weighted by atomic mass is 9.82. The number of fused-ring (bicyclic) bond motifs is 1. The summed E-state index contributed by atoms with van der Waals surface area (Å²) in [4.78, 5) is 18.0. The maximum Gasteiger partial charge on any atom is 0.228 e. The van der Waals surface area contributed by atoms with Crippen LogP contribution in [0.15, 0.2) is 35.0 Å². The molecule has 2 saturated heterocycles. The van der Waals surface area contributed by atoms with Crippen LogP contribution in [0, 0.1) is 11.3 Å². The van der Waals surface area contributed by atoms with Crippen molar-refractivity contribution in [2.24, 2.45) is 11.3 Å². The van der Waals surface area contributed by atoms with E-state index in [0.717, 1.165) is 49.7 Å². The molecule has 2 aliphatic heterocycles. The lowest BCUT2D eigenvalue weighted by Gasteiger charge is -2.40. The quantitative estimate of drug-likeness (QED) is 0.677. The zero-order chi connectivity index (χ0) is 22.2. The van der Waals surface area contributed by atoms with Crippen LogP contribution in [0.2, 0.25) is 0 Å². The number of nitrogens with zero attached hydrogens (tertiary/aromatic N) is 2. The zero-order valence-electron chi connectivity index (χ0n) is 19.3. The number of para-hydroxylation sites is 1. The summed E-state index contributed by atoms with van der Waals surface area (Å²) in [5.74, 6) is 2.72. The van der Waals surface area contributed by atoms with Crippen LogP contribution in [0.3, 0.4) is 0 Å². The van der Waals surface area contributed by atoms with E-state index in [1.54, 1.807) is 25.6 Å². The van der Waals surface area contributed by atoms with Crippen LogP contribution < -0.4 is 9.47 Å². The maximum absolute atomic E-state index is 13.2. The Bertz CT molecular complexity index is 906. The Labute approximate surface area is 189 Å². The average molecular weight is 443 g/mol. The van der Waals surface area contributed by atoms with Gasteiger partial charge in [0.05, 0.1) is 14.2 Å². The van der Waals surface area contributed by atoms with Gasteiger partial charge in [-0.2, -0.15) is 11.3 Å². The molecular formula is C25H34N2O3S. The SMILES string of the molecule is COc1cccc(CN2CC[C@@H]3[C@H](C2)[C@@H](c2ccsc2)CN3C(=O)C(C)(C)C)c1OC. The van der Waals surface area contributed by atoms with E-state index in [1.165, 1.54) is 5.56 Å². The Morgan fingerprint density at radius 1 is 1.16 bits per heavy atom. The first-order valence-corrected chi connectivity index (χ1v) is 12.0. The van der Waals surface area contributed by atoms with E-state index in [9.17, 15) is 4.79 Å². The smallest absolute Gasteiger partial charge is 0.228 e. The van der Waals surface area contributed by atoms with Gasteiger partial charge in [0.15, 0.2) is 11.5 Å². The summed E-state index contributed by atoms with van der Waals surface area (Å²) in [7, 11) is 3.38. The summed E-state index contributed by atoms with van der Waals surface area (Å²) in [6.45, 7) is 9.72. The maximum atomic E-state index is 13.2. The lowest BCUT2D eigenvalue weighted by molar-refractivity contribution is -0.141. The Morgan fingerprint density at radius 2 is 1.97 bits per heavy atom. The Kier molecular flexibility index (Phi) is 6.31. The first-order valence-electron chi connectivity index (χ1n) is 11.1. The first kappa shape index (κ1) is 22.2. The van der Waals surface area contributed by atoms with E-state index in [-0.39, 0.29) is 11.3 Å². The molecule has 31 heavy (non-hydrogen) atoms. The molecule has 168 valence electrons. The van der Waals surface area contributed by atoms with Crippen LogP contribution in [0.5, 0.6) is 11.5 Å². The average Bonchev–Trinajstić information content (AvgIpc) is 3.40. The number of piperidine rings is 1. The molecule has 2 fully saturated rings. The molecule has 4 rings (SSSR count). The van der Waals surface area contributed by atoms with Crippen LogP contribution in [-0.2, 0) is 11.3 Å². The minimum absolute atomic E-state index is 0.281. The standard InChI is InChI=1S/C25H34N2O3S/c1-25(2,3)24(28)27-15-19(18-10-12-31-16-18)20-14-26(11-9-21(20)27)13-17-7-6-8-22(29-4)23(17)30-5/h6-8,10,12,16,19-21H,9,11,13-15H2,1-5H3/t19-,20-,21-/m1/s1. The molecule has 2 aliphatic rings. The molecule has 1 amide bonds. The van der Waals surface area contributed by atoms with E-state index in [0.29, 0.717) is 17.9 Å². The van der Waals surface area contributed by atoms with Gasteiger partial charge in [-0.15, -0.1) is 0 Å². The normalized spacial score (nSPS) is 24.2. The van der Waals surface area contributed by atoms with E-state index >= 15 is 0 Å². The zero-order valence-corrected chi connectivity index (χ0v) is 20.1. The third kappa shape index (κ3) is 4.33. The molecule has 0 N–H and O–H groups in total. The molecule has 0 saturated carbocycles. The van der Waals surface area contributed by atoms with Gasteiger partial charge < -0.3 is 14.4 Å². The molecule has 3 atom stereocenters. The van der Waals surface area contributed by atoms with Crippen molar-refractivity contribution in [3.8, 4) is 11.5 Å². The molecule has 6 heteroatoms. The number of rotatable bonds is 5. The molecule has 3 heterocycles. The molecule has 0 aliphatic carbocycles. The molecule has 0 radical (unpaired) electrons. The largest absolute Gasteiger partial charge is 0.493 e. The number of benzene rings is 1. The Morgan fingerprint density at radius 3 is 2.61 bits per heavy atom. The number of thiophene rings is 1. The molecular weight excluding hydrogens is 408 g/mol. The Balaban J connectivity index is 1.57. The summed E-state index contributed by atoms with van der Waals surface area (Å²) in [6.07, 6.45) is 1.01. The van der Waals surface area contributed by atoms with Crippen molar-refractivity contribution in [3.63, 3.8) is 0 Å². The number of methoxy groups -OCH3 is 2. The van der Waals surface area contributed by atoms with Crippen LogP contribution in [0.25, 0.3) is 0 Å². The second-order valence-electron chi connectivity index (χ2n) is 9.78. The number of amides is 1. The molecule has 2 aromatic rings. The summed E-state index contributed by atoms with van der Waals surface area (Å²) < 4.78 is 11.1. The molecule has 0 bridgehead atoms. The number of ether oxygens (including phenoxy) is 2. The predicted molar refractivity (Wildman–Crippen MR) is 125 cm³/mol. The highest BCUT2D eigenvalue weighted by atomic mass is 32.1. The van der Waals surface area contributed by atoms with Crippen molar-refractivity contribution in [1.29, 1.82) is 0 Å². The monoisotopic (exact) mass is 442 g/mol. The summed E-state index contributed by atoms with van der Waals surface area (Å²) in [5.41, 5.74) is 2.18. The second-order valence-corrected chi connectivity index (χ2v) is 10.6. The van der Waals surface area contributed by atoms with Crippen molar-refractivity contribution in [1.82, 2.24) is 9.80 Å². The third-order valence-corrected chi connectivity index (χ3v) is 7.47. The highest BCUT2D eigenvalue weighted by Crippen LogP contribution is 2.44. The van der Waals surface area contributed by atoms with E-state index < -0.39 is 0 Å². The van der Waals surface area contributed by atoms with E-state index in [2.05, 4.69) is 32.7 Å². The molecule has 0 unspecified atom stereocenters. The number of hydrogen-bond acceptors (Lipinski definition) is 5. The van der Waals surface area contributed by atoms with Crippen LogP contribution in [-0.4, -0.2) is 55.6 Å². The summed E-state index contributed by atoms with van der Waals surface area (Å²) in [5, 5.41) is 4.41. The molecule has 0 spiro atoms. The van der Waals surface area contributed by atoms with Crippen molar-refractivity contribution in [2.75, 3.05) is 33.9 Å². The van der Waals surface area contributed by atoms with Crippen LogP contribution >= 0.6 is 11.3 Å². The second kappa shape index (κ2) is 8.83. The minimum Gasteiger partial charge on any atom is -0.493 e. The topological polar surface area (TPSA) is 42.0 Å². The molecule has 1 aromatic heterocycles. The van der Waals surface area contributed by atoms with Crippen molar-refractivity contribution in [2.45, 2.75) is 45.7 Å². The fraction of sp³-hybridized carbons (Fsp3) is 0.560. The lowest BCUT2D eigenvalue weighted by Crippen LogP contribution is -2.49. The van der Waals surface area contributed by atoms with Gasteiger partial charge in [-0.05, 0) is 34.9 Å². The van der Waals surface area contributed by atoms with Gasteiger partial charge in [-0.3, -0.25) is 9.69 Å².